The third-order valence-corrected chi connectivity index (χ3v) is 10.3. The molecule has 7 rings (SSSR count). The van der Waals surface area contributed by atoms with Crippen LogP contribution in [0.25, 0.3) is 42.4 Å². The SMILES string of the molecule is Bc1c(O)c(O)c2c(sc3c(B)c(O)c(B)c(O)c32)c1-c1ccc(/C(=N/Cc2ccccc2)c2ccc(-c3ccccc3)cc2)cc1. The van der Waals surface area contributed by atoms with Gasteiger partial charge in [0.15, 0.2) is 11.5 Å². The monoisotopic (exact) mass is 629 g/mol. The minimum Gasteiger partial charge on any atom is -0.509 e. The third-order valence-electron chi connectivity index (χ3n) is 8.94. The molecule has 0 aliphatic rings. The van der Waals surface area contributed by atoms with Crippen LogP contribution in [0.3, 0.4) is 0 Å². The fourth-order valence-electron chi connectivity index (χ4n) is 6.29. The summed E-state index contributed by atoms with van der Waals surface area (Å²) in [6, 6.07) is 37.0. The maximum atomic E-state index is 11.1. The Morgan fingerprint density at radius 2 is 1.04 bits per heavy atom. The van der Waals surface area contributed by atoms with E-state index in [0.29, 0.717) is 38.4 Å². The smallest absolute Gasteiger partial charge is 0.166 e. The molecule has 6 aromatic carbocycles. The summed E-state index contributed by atoms with van der Waals surface area (Å²) in [5.41, 5.74) is 9.29. The van der Waals surface area contributed by atoms with E-state index in [-0.39, 0.29) is 23.0 Å². The number of rotatable bonds is 6. The summed E-state index contributed by atoms with van der Waals surface area (Å²) in [4.78, 5) is 5.09. The van der Waals surface area contributed by atoms with E-state index in [0.717, 1.165) is 49.4 Å². The number of hydrogen-bond acceptors (Lipinski definition) is 6. The van der Waals surface area contributed by atoms with Crippen LogP contribution >= 0.6 is 11.3 Å². The number of hydrogen-bond donors (Lipinski definition) is 4. The van der Waals surface area contributed by atoms with Gasteiger partial charge in [-0.1, -0.05) is 109 Å². The Balaban J connectivity index is 1.35. The minimum atomic E-state index is -0.279. The maximum Gasteiger partial charge on any atom is 0.166 e. The Hall–Kier alpha value is -5.40. The molecule has 0 amide bonds. The van der Waals surface area contributed by atoms with Crippen molar-refractivity contribution in [3.63, 3.8) is 0 Å². The zero-order valence-corrected chi connectivity index (χ0v) is 27.1. The number of phenols is 4. The highest BCUT2D eigenvalue weighted by Gasteiger charge is 2.26. The van der Waals surface area contributed by atoms with Gasteiger partial charge in [-0.2, -0.15) is 0 Å². The molecule has 0 aliphatic carbocycles. The number of benzene rings is 6. The van der Waals surface area contributed by atoms with E-state index in [1.165, 1.54) is 11.3 Å². The van der Waals surface area contributed by atoms with Gasteiger partial charge >= 0.3 is 0 Å². The lowest BCUT2D eigenvalue weighted by Gasteiger charge is -2.14. The lowest BCUT2D eigenvalue weighted by Crippen LogP contribution is -2.15. The molecule has 0 atom stereocenters. The van der Waals surface area contributed by atoms with Crippen molar-refractivity contribution in [2.24, 2.45) is 4.99 Å². The summed E-state index contributed by atoms with van der Waals surface area (Å²) < 4.78 is 1.38. The first-order valence-electron chi connectivity index (χ1n) is 15.4. The second-order valence-electron chi connectivity index (χ2n) is 11.8. The molecule has 0 bridgehead atoms. The number of thiophene rings is 1. The van der Waals surface area contributed by atoms with E-state index in [1.54, 1.807) is 23.5 Å². The van der Waals surface area contributed by atoms with Crippen LogP contribution in [-0.2, 0) is 6.54 Å². The first kappa shape index (κ1) is 30.3. The van der Waals surface area contributed by atoms with E-state index < -0.39 is 0 Å². The highest BCUT2D eigenvalue weighted by atomic mass is 32.1. The second kappa shape index (κ2) is 12.1. The predicted molar refractivity (Wildman–Crippen MR) is 204 cm³/mol. The van der Waals surface area contributed by atoms with Gasteiger partial charge in [-0.3, -0.25) is 4.99 Å². The van der Waals surface area contributed by atoms with Crippen molar-refractivity contribution >= 4 is 77.1 Å². The van der Waals surface area contributed by atoms with Crippen molar-refractivity contribution in [3.8, 4) is 45.3 Å². The van der Waals surface area contributed by atoms with Crippen LogP contribution in [-0.4, -0.2) is 49.7 Å². The van der Waals surface area contributed by atoms with Crippen LogP contribution in [0.15, 0.2) is 114 Å². The summed E-state index contributed by atoms with van der Waals surface area (Å²) in [7, 11) is 5.20. The van der Waals surface area contributed by atoms with Crippen LogP contribution < -0.4 is 16.4 Å². The molecule has 0 saturated heterocycles. The fourth-order valence-corrected chi connectivity index (χ4v) is 7.72. The molecule has 1 aromatic heterocycles. The summed E-state index contributed by atoms with van der Waals surface area (Å²) >= 11 is 1.38. The average Bonchev–Trinajstić information content (AvgIpc) is 3.51. The van der Waals surface area contributed by atoms with Gasteiger partial charge in [0.05, 0.1) is 17.6 Å². The Labute approximate surface area is 279 Å². The largest absolute Gasteiger partial charge is 0.509 e. The maximum absolute atomic E-state index is 11.1. The van der Waals surface area contributed by atoms with E-state index in [1.807, 2.05) is 60.7 Å². The first-order valence-corrected chi connectivity index (χ1v) is 16.2. The molecule has 47 heavy (non-hydrogen) atoms. The molecule has 4 N–H and O–H groups in total. The van der Waals surface area contributed by atoms with Gasteiger partial charge in [-0.25, -0.2) is 0 Å². The van der Waals surface area contributed by atoms with Gasteiger partial charge in [-0.05, 0) is 44.2 Å². The van der Waals surface area contributed by atoms with Crippen molar-refractivity contribution < 1.29 is 20.4 Å². The van der Waals surface area contributed by atoms with Crippen LogP contribution in [0.2, 0.25) is 0 Å². The normalized spacial score (nSPS) is 11.8. The molecule has 0 spiro atoms. The lowest BCUT2D eigenvalue weighted by molar-refractivity contribution is 0.411. The van der Waals surface area contributed by atoms with E-state index in [2.05, 4.69) is 48.5 Å². The third kappa shape index (κ3) is 5.23. The van der Waals surface area contributed by atoms with Crippen LogP contribution in [0.5, 0.6) is 23.0 Å². The Kier molecular flexibility index (Phi) is 7.78. The first-order chi connectivity index (χ1) is 22.7. The second-order valence-corrected chi connectivity index (χ2v) is 12.8. The molecule has 7 aromatic rings. The molecule has 1 heterocycles. The molecule has 0 fully saturated rings. The number of nitrogens with zero attached hydrogens (tertiary/aromatic N) is 1. The zero-order chi connectivity index (χ0) is 32.8. The Bertz CT molecular complexity index is 2320. The molecule has 0 saturated carbocycles. The van der Waals surface area contributed by atoms with Crippen LogP contribution in [0.1, 0.15) is 16.7 Å². The van der Waals surface area contributed by atoms with Crippen molar-refractivity contribution in [1.29, 1.82) is 0 Å². The fraction of sp³-hybridized carbons (Fsp3) is 0.0263. The molecule has 0 radical (unpaired) electrons. The molecule has 226 valence electrons. The van der Waals surface area contributed by atoms with E-state index in [4.69, 9.17) is 4.99 Å². The van der Waals surface area contributed by atoms with Crippen LogP contribution in [0.4, 0.5) is 0 Å². The molecule has 0 unspecified atom stereocenters. The van der Waals surface area contributed by atoms with Crippen LogP contribution in [0, 0.1) is 0 Å². The highest BCUT2D eigenvalue weighted by molar-refractivity contribution is 7.27. The van der Waals surface area contributed by atoms with Crippen molar-refractivity contribution in [3.05, 3.63) is 126 Å². The van der Waals surface area contributed by atoms with Gasteiger partial charge in [0.1, 0.15) is 35.0 Å². The topological polar surface area (TPSA) is 93.3 Å². The number of aliphatic imine (C=N–C) groups is 1. The number of phenolic OH excluding ortho intramolecular Hbond substituents is 4. The van der Waals surface area contributed by atoms with Gasteiger partial charge in [-0.15, -0.1) is 11.3 Å². The summed E-state index contributed by atoms with van der Waals surface area (Å²) in [6.07, 6.45) is 0. The quantitative estimate of drug-likeness (QED) is 0.127. The predicted octanol–water partition coefficient (Wildman–Crippen LogP) is 4.02. The standard InChI is InChI=1S/C38H30B3NO4S/c39-29-26(37-28(34(44)36(29)46)27-33(43)30(40)35(45)31(41)38(27)47-37)23-13-17-25(18-14-23)32(42-19-20-7-3-1-4-8-20)24-15-11-22(12-16-24)21-9-5-2-6-10-21/h1-18,43-46H,19,39-41H2/b42-32+. The minimum absolute atomic E-state index is 0.0204. The summed E-state index contributed by atoms with van der Waals surface area (Å²) in [5.74, 6) is -0.598. The average molecular weight is 629 g/mol. The molecule has 9 heteroatoms. The molecule has 0 aliphatic heterocycles. The Morgan fingerprint density at radius 1 is 0.511 bits per heavy atom. The summed E-state index contributed by atoms with van der Waals surface area (Å²) in [5, 5.41) is 44.7. The highest BCUT2D eigenvalue weighted by Crippen LogP contribution is 2.49. The van der Waals surface area contributed by atoms with Gasteiger partial charge < -0.3 is 20.4 Å². The van der Waals surface area contributed by atoms with Gasteiger partial charge in [0.25, 0.3) is 0 Å². The van der Waals surface area contributed by atoms with Gasteiger partial charge in [0.2, 0.25) is 0 Å². The zero-order valence-electron chi connectivity index (χ0n) is 26.2. The van der Waals surface area contributed by atoms with Gasteiger partial charge in [0, 0.05) is 25.9 Å². The van der Waals surface area contributed by atoms with E-state index in [9.17, 15) is 20.4 Å². The van der Waals surface area contributed by atoms with Crippen molar-refractivity contribution in [2.45, 2.75) is 6.54 Å². The number of aromatic hydroxyl groups is 4. The van der Waals surface area contributed by atoms with Crippen molar-refractivity contribution in [1.82, 2.24) is 0 Å². The Morgan fingerprint density at radius 3 is 1.66 bits per heavy atom. The lowest BCUT2D eigenvalue weighted by atomic mass is 9.81. The molecular formula is C38H30B3NO4S. The molecule has 5 nitrogen and oxygen atoms in total. The summed E-state index contributed by atoms with van der Waals surface area (Å²) in [6.45, 7) is 0.529. The van der Waals surface area contributed by atoms with Crippen molar-refractivity contribution in [2.75, 3.05) is 0 Å². The molecular weight excluding hydrogens is 599 g/mol. The van der Waals surface area contributed by atoms with E-state index >= 15 is 0 Å². The number of fused-ring (bicyclic) bond motifs is 3.